The van der Waals surface area contributed by atoms with Crippen LogP contribution in [0.1, 0.15) is 11.1 Å². The highest BCUT2D eigenvalue weighted by Crippen LogP contribution is 2.48. The maximum atomic E-state index is 12.9. The molecule has 4 nitrogen and oxygen atoms in total. The number of fused-ring (bicyclic) bond motifs is 1. The van der Waals surface area contributed by atoms with E-state index in [9.17, 15) is 9.90 Å². The molecule has 3 N–H and O–H groups in total. The molecule has 0 aromatic heterocycles. The molecule has 1 saturated heterocycles. The van der Waals surface area contributed by atoms with E-state index in [1.165, 1.54) is 0 Å². The average Bonchev–Trinajstić information content (AvgIpc) is 3.07. The maximum absolute atomic E-state index is 12.9. The largest absolute Gasteiger partial charge is 0.372 e. The van der Waals surface area contributed by atoms with Gasteiger partial charge in [0.2, 0.25) is 0 Å². The zero-order chi connectivity index (χ0) is 16.6. The first kappa shape index (κ1) is 18.1. The van der Waals surface area contributed by atoms with Crippen molar-refractivity contribution in [1.29, 1.82) is 0 Å². The fourth-order valence-electron chi connectivity index (χ4n) is 3.98. The topological polar surface area (TPSA) is 61.4 Å². The normalized spacial score (nSPS) is 24.1. The summed E-state index contributed by atoms with van der Waals surface area (Å²) in [4.78, 5) is 12.9. The van der Waals surface area contributed by atoms with Gasteiger partial charge in [0.15, 0.2) is 5.60 Å². The first-order valence-electron chi connectivity index (χ1n) is 8.53. The molecule has 4 rings (SSSR count). The molecule has 2 aliphatic rings. The minimum atomic E-state index is -1.66. The predicted molar refractivity (Wildman–Crippen MR) is 103 cm³/mol. The van der Waals surface area contributed by atoms with Crippen LogP contribution in [0.5, 0.6) is 0 Å². The quantitative estimate of drug-likeness (QED) is 0.717. The van der Waals surface area contributed by atoms with Crippen LogP contribution in [-0.2, 0) is 10.4 Å². The molecule has 1 heterocycles. The molecule has 2 aromatic carbocycles. The van der Waals surface area contributed by atoms with Gasteiger partial charge in [-0.05, 0) is 42.0 Å². The molecule has 1 saturated carbocycles. The van der Waals surface area contributed by atoms with E-state index in [0.29, 0.717) is 35.4 Å². The van der Waals surface area contributed by atoms with Crippen molar-refractivity contribution in [3.8, 4) is 0 Å². The van der Waals surface area contributed by atoms with Gasteiger partial charge in [0.25, 0.3) is 5.91 Å². The summed E-state index contributed by atoms with van der Waals surface area (Å²) in [6, 6.07) is 18.3. The Hall–Kier alpha value is -1.69. The third kappa shape index (κ3) is 3.24. The number of piperidine rings is 1. The van der Waals surface area contributed by atoms with Crippen molar-refractivity contribution in [2.24, 2.45) is 17.8 Å². The number of hydrogen-bond acceptors (Lipinski definition) is 3. The first-order valence-corrected chi connectivity index (χ1v) is 8.53. The number of amides is 1. The Morgan fingerprint density at radius 2 is 1.48 bits per heavy atom. The van der Waals surface area contributed by atoms with Gasteiger partial charge in [0, 0.05) is 6.54 Å². The smallest absolute Gasteiger partial charge is 0.261 e. The van der Waals surface area contributed by atoms with E-state index in [2.05, 4.69) is 10.6 Å². The minimum Gasteiger partial charge on any atom is -0.372 e. The Kier molecular flexibility index (Phi) is 5.27. The zero-order valence-corrected chi connectivity index (χ0v) is 15.6. The number of nitrogens with one attached hydrogen (secondary N) is 2. The predicted octanol–water partition coefficient (Wildman–Crippen LogP) is 2.08. The minimum absolute atomic E-state index is 0. The Labute approximate surface area is 158 Å². The van der Waals surface area contributed by atoms with Gasteiger partial charge in [-0.15, -0.1) is 17.0 Å². The number of aliphatic hydroxyl groups is 1. The van der Waals surface area contributed by atoms with Crippen LogP contribution in [0.25, 0.3) is 0 Å². The summed E-state index contributed by atoms with van der Waals surface area (Å²) < 4.78 is 0. The van der Waals surface area contributed by atoms with Gasteiger partial charge in [-0.2, -0.15) is 0 Å². The lowest BCUT2D eigenvalue weighted by Gasteiger charge is -2.28. The summed E-state index contributed by atoms with van der Waals surface area (Å²) in [6.07, 6.45) is 0. The number of halogens is 1. The Bertz CT molecular complexity index is 673. The Balaban J connectivity index is 0.00000182. The van der Waals surface area contributed by atoms with E-state index in [1.54, 1.807) is 24.3 Å². The molecule has 0 spiro atoms. The van der Waals surface area contributed by atoms with Gasteiger partial charge < -0.3 is 15.7 Å². The van der Waals surface area contributed by atoms with E-state index in [4.69, 9.17) is 0 Å². The molecule has 1 aliphatic heterocycles. The fraction of sp³-hybridized carbons (Fsp3) is 0.350. The molecule has 0 bridgehead atoms. The molecule has 2 fully saturated rings. The molecule has 0 radical (unpaired) electrons. The molecule has 5 heteroatoms. The highest BCUT2D eigenvalue weighted by atomic mass is 79.9. The van der Waals surface area contributed by atoms with Crippen LogP contribution in [0.15, 0.2) is 60.7 Å². The molecule has 25 heavy (non-hydrogen) atoms. The van der Waals surface area contributed by atoms with Gasteiger partial charge in [-0.25, -0.2) is 0 Å². The van der Waals surface area contributed by atoms with Crippen molar-refractivity contribution < 1.29 is 9.90 Å². The summed E-state index contributed by atoms with van der Waals surface area (Å²) >= 11 is 0. The highest BCUT2D eigenvalue weighted by molar-refractivity contribution is 8.93. The van der Waals surface area contributed by atoms with Crippen LogP contribution in [0, 0.1) is 17.8 Å². The number of hydrogen-bond donors (Lipinski definition) is 3. The lowest BCUT2D eigenvalue weighted by molar-refractivity contribution is -0.136. The van der Waals surface area contributed by atoms with Gasteiger partial charge in [-0.1, -0.05) is 60.7 Å². The van der Waals surface area contributed by atoms with Gasteiger partial charge in [-0.3, -0.25) is 4.79 Å². The van der Waals surface area contributed by atoms with Crippen LogP contribution in [0.4, 0.5) is 0 Å². The van der Waals surface area contributed by atoms with Gasteiger partial charge in [0.1, 0.15) is 0 Å². The second-order valence-corrected chi connectivity index (χ2v) is 6.80. The fourth-order valence-corrected chi connectivity index (χ4v) is 3.98. The van der Waals surface area contributed by atoms with Crippen molar-refractivity contribution in [3.63, 3.8) is 0 Å². The van der Waals surface area contributed by atoms with E-state index in [-0.39, 0.29) is 22.9 Å². The van der Waals surface area contributed by atoms with Gasteiger partial charge in [0.05, 0.1) is 0 Å². The molecule has 1 amide bonds. The van der Waals surface area contributed by atoms with E-state index >= 15 is 0 Å². The van der Waals surface area contributed by atoms with E-state index in [1.807, 2.05) is 36.4 Å². The zero-order valence-electron chi connectivity index (χ0n) is 13.9. The molecule has 132 valence electrons. The van der Waals surface area contributed by atoms with Crippen LogP contribution in [-0.4, -0.2) is 30.6 Å². The van der Waals surface area contributed by atoms with Crippen LogP contribution >= 0.6 is 17.0 Å². The van der Waals surface area contributed by atoms with Crippen molar-refractivity contribution in [2.45, 2.75) is 5.60 Å². The summed E-state index contributed by atoms with van der Waals surface area (Å²) in [5, 5.41) is 17.7. The summed E-state index contributed by atoms with van der Waals surface area (Å²) in [7, 11) is 0. The molecule has 1 aliphatic carbocycles. The number of carbonyl (C=O) groups excluding carboxylic acids is 1. The lowest BCUT2D eigenvalue weighted by atomic mass is 9.85. The molecular formula is C20H23BrN2O2. The molecule has 1 unspecified atom stereocenters. The molecule has 3 atom stereocenters. The highest BCUT2D eigenvalue weighted by Gasteiger charge is 2.53. The molecular weight excluding hydrogens is 380 g/mol. The average molecular weight is 403 g/mol. The lowest BCUT2D eigenvalue weighted by Crippen LogP contribution is -2.46. The van der Waals surface area contributed by atoms with E-state index in [0.717, 1.165) is 13.1 Å². The summed E-state index contributed by atoms with van der Waals surface area (Å²) in [5.74, 6) is 1.57. The van der Waals surface area contributed by atoms with Crippen LogP contribution in [0.2, 0.25) is 0 Å². The third-order valence-electron chi connectivity index (χ3n) is 5.48. The molecule has 2 aromatic rings. The Morgan fingerprint density at radius 1 is 1.00 bits per heavy atom. The number of benzene rings is 2. The van der Waals surface area contributed by atoms with Crippen molar-refractivity contribution >= 4 is 22.9 Å². The standard InChI is InChI=1S/C20H22N2O2.BrH/c23-19(22-13-18-16-11-21-12-17(16)18)20(24,14-7-3-1-4-8-14)15-9-5-2-6-10-15;/h1-10,16-18,21,24H,11-13H2,(H,22,23);1H/t16-,17+,18?;. The third-order valence-corrected chi connectivity index (χ3v) is 5.48. The van der Waals surface area contributed by atoms with Gasteiger partial charge >= 0.3 is 0 Å². The van der Waals surface area contributed by atoms with Crippen molar-refractivity contribution in [2.75, 3.05) is 19.6 Å². The monoisotopic (exact) mass is 402 g/mol. The number of rotatable bonds is 5. The van der Waals surface area contributed by atoms with Crippen molar-refractivity contribution in [3.05, 3.63) is 71.8 Å². The number of carbonyl (C=O) groups is 1. The second kappa shape index (κ2) is 7.28. The first-order chi connectivity index (χ1) is 11.7. The maximum Gasteiger partial charge on any atom is 0.261 e. The summed E-state index contributed by atoms with van der Waals surface area (Å²) in [5.41, 5.74) is -0.483. The second-order valence-electron chi connectivity index (χ2n) is 6.80. The SMILES string of the molecule is Br.O=C(NCC1[C@H]2CNC[C@@H]12)C(O)(c1ccccc1)c1ccccc1. The van der Waals surface area contributed by atoms with Crippen LogP contribution in [0.3, 0.4) is 0 Å². The van der Waals surface area contributed by atoms with Crippen molar-refractivity contribution in [1.82, 2.24) is 10.6 Å². The van der Waals surface area contributed by atoms with Crippen LogP contribution < -0.4 is 10.6 Å². The summed E-state index contributed by atoms with van der Waals surface area (Å²) in [6.45, 7) is 2.73. The Morgan fingerprint density at radius 3 is 1.96 bits per heavy atom. The van der Waals surface area contributed by atoms with E-state index < -0.39 is 5.60 Å².